The van der Waals surface area contributed by atoms with E-state index in [9.17, 15) is 9.59 Å². The average Bonchev–Trinajstić information content (AvgIpc) is 2.58. The number of primary amides is 1. The maximum Gasteiger partial charge on any atom is 0.312 e. The molecule has 0 saturated heterocycles. The predicted octanol–water partition coefficient (Wildman–Crippen LogP) is 4.20. The molecule has 1 aliphatic carbocycles. The SMILES string of the molecule is Cc1cc(SC2CCCCC2)ccc1NC(=O)CCCCNC(N)=O. The number of hydrogen-bond donors (Lipinski definition) is 3. The Morgan fingerprint density at radius 1 is 1.20 bits per heavy atom. The van der Waals surface area contributed by atoms with Crippen molar-refractivity contribution in [1.82, 2.24) is 5.32 Å². The normalized spacial score (nSPS) is 14.9. The van der Waals surface area contributed by atoms with Crippen LogP contribution in [-0.2, 0) is 4.79 Å². The zero-order valence-corrected chi connectivity index (χ0v) is 15.8. The zero-order valence-electron chi connectivity index (χ0n) is 15.0. The number of unbranched alkanes of at least 4 members (excludes halogenated alkanes) is 1. The molecule has 1 fully saturated rings. The number of nitrogens with one attached hydrogen (secondary N) is 2. The first-order valence-electron chi connectivity index (χ1n) is 9.15. The van der Waals surface area contributed by atoms with Crippen LogP contribution in [0.4, 0.5) is 10.5 Å². The van der Waals surface area contributed by atoms with Gasteiger partial charge >= 0.3 is 6.03 Å². The minimum atomic E-state index is -0.522. The van der Waals surface area contributed by atoms with Gasteiger partial charge < -0.3 is 16.4 Å². The lowest BCUT2D eigenvalue weighted by Gasteiger charge is -2.21. The summed E-state index contributed by atoms with van der Waals surface area (Å²) in [5.74, 6) is 0.00913. The quantitative estimate of drug-likeness (QED) is 0.605. The van der Waals surface area contributed by atoms with Gasteiger partial charge in [0.2, 0.25) is 5.91 Å². The number of anilines is 1. The molecule has 138 valence electrons. The standard InChI is InChI=1S/C19H29N3O2S/c1-14-13-16(25-15-7-3-2-4-8-15)10-11-17(14)22-18(23)9-5-6-12-21-19(20)24/h10-11,13,15H,2-9,12H2,1H3,(H,22,23)(H3,20,21,24). The van der Waals surface area contributed by atoms with Crippen molar-refractivity contribution in [2.75, 3.05) is 11.9 Å². The van der Waals surface area contributed by atoms with Gasteiger partial charge in [-0.3, -0.25) is 4.79 Å². The second kappa shape index (κ2) is 10.3. The summed E-state index contributed by atoms with van der Waals surface area (Å²) in [6.07, 6.45) is 8.60. The highest BCUT2D eigenvalue weighted by Gasteiger charge is 2.15. The lowest BCUT2D eigenvalue weighted by molar-refractivity contribution is -0.116. The number of urea groups is 1. The third-order valence-corrected chi connectivity index (χ3v) is 5.79. The second-order valence-corrected chi connectivity index (χ2v) is 8.02. The molecule has 2 rings (SSSR count). The summed E-state index contributed by atoms with van der Waals surface area (Å²) in [6, 6.07) is 5.77. The van der Waals surface area contributed by atoms with Gasteiger partial charge in [0.1, 0.15) is 0 Å². The number of rotatable bonds is 8. The molecule has 1 saturated carbocycles. The number of carbonyl (C=O) groups is 2. The van der Waals surface area contributed by atoms with Gasteiger partial charge in [0.25, 0.3) is 0 Å². The van der Waals surface area contributed by atoms with Crippen molar-refractivity contribution in [2.45, 2.75) is 68.4 Å². The monoisotopic (exact) mass is 363 g/mol. The molecule has 0 atom stereocenters. The fraction of sp³-hybridized carbons (Fsp3) is 0.579. The number of carbonyl (C=O) groups excluding carboxylic acids is 2. The van der Waals surface area contributed by atoms with Crippen LogP contribution in [0.5, 0.6) is 0 Å². The smallest absolute Gasteiger partial charge is 0.312 e. The number of thioether (sulfide) groups is 1. The van der Waals surface area contributed by atoms with Crippen LogP contribution in [-0.4, -0.2) is 23.7 Å². The number of amides is 3. The Hall–Kier alpha value is -1.69. The Balaban J connectivity index is 1.75. The Bertz CT molecular complexity index is 586. The van der Waals surface area contributed by atoms with Crippen LogP contribution < -0.4 is 16.4 Å². The first kappa shape index (κ1) is 19.6. The third-order valence-electron chi connectivity index (χ3n) is 4.46. The summed E-state index contributed by atoms with van der Waals surface area (Å²) >= 11 is 1.97. The van der Waals surface area contributed by atoms with E-state index in [1.165, 1.54) is 37.0 Å². The summed E-state index contributed by atoms with van der Waals surface area (Å²) in [6.45, 7) is 2.55. The van der Waals surface area contributed by atoms with E-state index in [-0.39, 0.29) is 5.91 Å². The van der Waals surface area contributed by atoms with E-state index in [0.717, 1.165) is 29.3 Å². The molecule has 0 heterocycles. The van der Waals surface area contributed by atoms with Crippen molar-refractivity contribution in [1.29, 1.82) is 0 Å². The molecule has 0 bridgehead atoms. The molecule has 1 aromatic carbocycles. The Morgan fingerprint density at radius 2 is 1.96 bits per heavy atom. The Morgan fingerprint density at radius 3 is 2.64 bits per heavy atom. The Labute approximate surface area is 154 Å². The highest BCUT2D eigenvalue weighted by molar-refractivity contribution is 8.00. The van der Waals surface area contributed by atoms with E-state index >= 15 is 0 Å². The molecule has 25 heavy (non-hydrogen) atoms. The van der Waals surface area contributed by atoms with Gasteiger partial charge in [-0.25, -0.2) is 4.79 Å². The molecule has 0 spiro atoms. The molecule has 4 N–H and O–H groups in total. The van der Waals surface area contributed by atoms with Crippen molar-refractivity contribution in [2.24, 2.45) is 5.73 Å². The van der Waals surface area contributed by atoms with Gasteiger partial charge in [0, 0.05) is 28.8 Å². The molecule has 3 amide bonds. The lowest BCUT2D eigenvalue weighted by Crippen LogP contribution is -2.30. The average molecular weight is 364 g/mol. The first-order chi connectivity index (χ1) is 12.0. The summed E-state index contributed by atoms with van der Waals surface area (Å²) in [7, 11) is 0. The largest absolute Gasteiger partial charge is 0.352 e. The second-order valence-electron chi connectivity index (χ2n) is 6.65. The van der Waals surface area contributed by atoms with Crippen molar-refractivity contribution in [3.8, 4) is 0 Å². The van der Waals surface area contributed by atoms with Crippen LogP contribution in [0.25, 0.3) is 0 Å². The molecule has 0 aromatic heterocycles. The minimum absolute atomic E-state index is 0.00913. The summed E-state index contributed by atoms with van der Waals surface area (Å²) < 4.78 is 0. The fourth-order valence-corrected chi connectivity index (χ4v) is 4.41. The fourth-order valence-electron chi connectivity index (χ4n) is 3.06. The molecule has 0 aliphatic heterocycles. The molecule has 6 heteroatoms. The van der Waals surface area contributed by atoms with E-state index in [0.29, 0.717) is 13.0 Å². The van der Waals surface area contributed by atoms with Crippen LogP contribution in [0.2, 0.25) is 0 Å². The molecule has 1 aliphatic rings. The molecule has 5 nitrogen and oxygen atoms in total. The number of hydrogen-bond acceptors (Lipinski definition) is 3. The van der Waals surface area contributed by atoms with Gasteiger partial charge in [-0.2, -0.15) is 0 Å². The van der Waals surface area contributed by atoms with Crippen molar-refractivity contribution in [3.63, 3.8) is 0 Å². The van der Waals surface area contributed by atoms with Crippen molar-refractivity contribution >= 4 is 29.4 Å². The molecule has 0 unspecified atom stereocenters. The van der Waals surface area contributed by atoms with Crippen LogP contribution >= 0.6 is 11.8 Å². The summed E-state index contributed by atoms with van der Waals surface area (Å²) in [4.78, 5) is 23.9. The van der Waals surface area contributed by atoms with Crippen molar-refractivity contribution < 1.29 is 9.59 Å². The Kier molecular flexibility index (Phi) is 8.12. The number of nitrogens with two attached hydrogens (primary N) is 1. The lowest BCUT2D eigenvalue weighted by atomic mass is 10.0. The zero-order chi connectivity index (χ0) is 18.1. The first-order valence-corrected chi connectivity index (χ1v) is 10.0. The van der Waals surface area contributed by atoms with E-state index in [2.05, 4.69) is 22.8 Å². The summed E-state index contributed by atoms with van der Waals surface area (Å²) in [5, 5.41) is 6.24. The maximum atomic E-state index is 12.0. The maximum absolute atomic E-state index is 12.0. The minimum Gasteiger partial charge on any atom is -0.352 e. The van der Waals surface area contributed by atoms with E-state index in [1.807, 2.05) is 24.8 Å². The van der Waals surface area contributed by atoms with Gasteiger partial charge in [0.05, 0.1) is 0 Å². The third kappa shape index (κ3) is 7.38. The van der Waals surface area contributed by atoms with Gasteiger partial charge in [-0.15, -0.1) is 11.8 Å². The molecule has 1 aromatic rings. The van der Waals surface area contributed by atoms with Crippen LogP contribution in [0.1, 0.15) is 56.9 Å². The van der Waals surface area contributed by atoms with Crippen molar-refractivity contribution in [3.05, 3.63) is 23.8 Å². The molecule has 0 radical (unpaired) electrons. The van der Waals surface area contributed by atoms with Gasteiger partial charge in [-0.1, -0.05) is 19.3 Å². The van der Waals surface area contributed by atoms with Crippen LogP contribution in [0, 0.1) is 6.92 Å². The van der Waals surface area contributed by atoms with Crippen LogP contribution in [0.3, 0.4) is 0 Å². The number of aryl methyl sites for hydroxylation is 1. The van der Waals surface area contributed by atoms with E-state index in [1.54, 1.807) is 0 Å². The van der Waals surface area contributed by atoms with E-state index in [4.69, 9.17) is 5.73 Å². The highest BCUT2D eigenvalue weighted by atomic mass is 32.2. The molecular weight excluding hydrogens is 334 g/mol. The number of benzene rings is 1. The molecular formula is C19H29N3O2S. The van der Waals surface area contributed by atoms with E-state index < -0.39 is 6.03 Å². The van der Waals surface area contributed by atoms with Gasteiger partial charge in [0.15, 0.2) is 0 Å². The van der Waals surface area contributed by atoms with Gasteiger partial charge in [-0.05, 0) is 56.4 Å². The topological polar surface area (TPSA) is 84.2 Å². The predicted molar refractivity (Wildman–Crippen MR) is 104 cm³/mol. The summed E-state index contributed by atoms with van der Waals surface area (Å²) in [5.41, 5.74) is 6.98. The van der Waals surface area contributed by atoms with Crippen LogP contribution in [0.15, 0.2) is 23.1 Å². The highest BCUT2D eigenvalue weighted by Crippen LogP contribution is 2.34.